The monoisotopic (exact) mass is 890 g/mol. The molecule has 0 amide bonds. The number of carbonyl (C=O) groups is 2. The van der Waals surface area contributed by atoms with Crippen LogP contribution in [0, 0.1) is 0 Å². The van der Waals surface area contributed by atoms with E-state index in [4.69, 9.17) is 18.5 Å². The van der Waals surface area contributed by atoms with Crippen molar-refractivity contribution in [3.05, 3.63) is 0 Å². The molecule has 0 bridgehead atoms. The standard InChI is InChI=1S/C45H87O13P.Na/c1-3-5-7-9-11-13-15-17-19-21-23-25-27-29-31-33-38(46)55-35-37(36-56-59(53,54)58-45-43(51)41(49)40(48)42(50)44(45)52)57-39(47)34-32-30-28-26-24-22-20-18-16-14-12-10-8-6-4-2;/h37,40-45,48-52H,3-36H2,1-2H3,(H,53,54);/t37-,40?,41-,42+,43-,44-,45?;/m1./s1. The van der Waals surface area contributed by atoms with Crippen molar-refractivity contribution in [1.82, 2.24) is 0 Å². The number of hydrogen-bond donors (Lipinski definition) is 6. The van der Waals surface area contributed by atoms with Crippen LogP contribution in [0.15, 0.2) is 0 Å². The molecule has 60 heavy (non-hydrogen) atoms. The third kappa shape index (κ3) is 30.8. The summed E-state index contributed by atoms with van der Waals surface area (Å²) >= 11 is 0. The van der Waals surface area contributed by atoms with Crippen LogP contribution in [-0.2, 0) is 32.7 Å². The molecule has 0 saturated heterocycles. The number of hydrogen-bond acceptors (Lipinski definition) is 12. The van der Waals surface area contributed by atoms with Crippen molar-refractivity contribution in [2.24, 2.45) is 0 Å². The fourth-order valence-corrected chi connectivity index (χ4v) is 8.56. The summed E-state index contributed by atoms with van der Waals surface area (Å²) in [4.78, 5) is 35.7. The Morgan fingerprint density at radius 2 is 0.767 bits per heavy atom. The van der Waals surface area contributed by atoms with E-state index in [1.54, 1.807) is 0 Å². The largest absolute Gasteiger partial charge is 0.472 e. The van der Waals surface area contributed by atoms with Gasteiger partial charge in [-0.1, -0.05) is 194 Å². The van der Waals surface area contributed by atoms with E-state index >= 15 is 0 Å². The van der Waals surface area contributed by atoms with Crippen LogP contribution < -0.4 is 0 Å². The SMILES string of the molecule is CCCCCCCCCCCCCCCCCC(=O)OC[C@H](COP(=O)(O)OC1[C@H](O)[C@H](O)C(O)[C@H](O)[C@H]1O)OC(=O)CCCCCCCCCCCCCCCCC.[Na]. The van der Waals surface area contributed by atoms with Gasteiger partial charge in [0.1, 0.15) is 43.2 Å². The summed E-state index contributed by atoms with van der Waals surface area (Å²) in [6.07, 6.45) is 22.9. The molecule has 3 unspecified atom stereocenters. The van der Waals surface area contributed by atoms with E-state index in [2.05, 4.69) is 13.8 Å². The molecule has 1 aliphatic carbocycles. The molecular formula is C45H87NaO13P. The van der Waals surface area contributed by atoms with Crippen LogP contribution in [0.3, 0.4) is 0 Å². The van der Waals surface area contributed by atoms with Crippen LogP contribution in [0.4, 0.5) is 0 Å². The zero-order valence-electron chi connectivity index (χ0n) is 38.1. The number of aliphatic hydroxyl groups excluding tert-OH is 5. The fraction of sp³-hybridized carbons (Fsp3) is 0.956. The Bertz CT molecular complexity index is 1060. The van der Waals surface area contributed by atoms with Gasteiger partial charge in [-0.2, -0.15) is 0 Å². The number of carbonyl (C=O) groups excluding carboxylic acids is 2. The summed E-state index contributed by atoms with van der Waals surface area (Å²) in [5, 5.41) is 50.1. The minimum absolute atomic E-state index is 0. The van der Waals surface area contributed by atoms with Crippen LogP contribution in [0.5, 0.6) is 0 Å². The van der Waals surface area contributed by atoms with Crippen LogP contribution in [0.2, 0.25) is 0 Å². The molecule has 351 valence electrons. The van der Waals surface area contributed by atoms with Crippen molar-refractivity contribution in [3.63, 3.8) is 0 Å². The quantitative estimate of drug-likeness (QED) is 0.0147. The molecule has 1 radical (unpaired) electrons. The summed E-state index contributed by atoms with van der Waals surface area (Å²) in [6, 6.07) is 0. The fourth-order valence-electron chi connectivity index (χ4n) is 7.58. The zero-order valence-corrected chi connectivity index (χ0v) is 41.0. The van der Waals surface area contributed by atoms with Crippen molar-refractivity contribution < 1.29 is 63.1 Å². The molecule has 0 spiro atoms. The first-order chi connectivity index (χ1) is 28.4. The number of rotatable bonds is 40. The van der Waals surface area contributed by atoms with Gasteiger partial charge in [-0.15, -0.1) is 0 Å². The second-order valence-electron chi connectivity index (χ2n) is 17.0. The molecule has 0 aliphatic heterocycles. The van der Waals surface area contributed by atoms with Crippen molar-refractivity contribution in [2.75, 3.05) is 13.2 Å². The van der Waals surface area contributed by atoms with Crippen molar-refractivity contribution >= 4 is 49.3 Å². The molecule has 0 aromatic rings. The molecule has 1 saturated carbocycles. The Labute approximate surface area is 385 Å². The summed E-state index contributed by atoms with van der Waals surface area (Å²) in [6.45, 7) is 3.33. The van der Waals surface area contributed by atoms with Gasteiger partial charge in [-0.3, -0.25) is 18.6 Å². The smallest absolute Gasteiger partial charge is 0.462 e. The number of unbranched alkanes of at least 4 members (excludes halogenated alkanes) is 28. The van der Waals surface area contributed by atoms with E-state index in [1.165, 1.54) is 141 Å². The van der Waals surface area contributed by atoms with E-state index in [1.807, 2.05) is 0 Å². The van der Waals surface area contributed by atoms with Crippen molar-refractivity contribution in [2.45, 2.75) is 262 Å². The van der Waals surface area contributed by atoms with E-state index in [-0.39, 0.29) is 42.4 Å². The average molecular weight is 890 g/mol. The van der Waals surface area contributed by atoms with Crippen LogP contribution >= 0.6 is 7.82 Å². The minimum atomic E-state index is -5.11. The third-order valence-electron chi connectivity index (χ3n) is 11.4. The third-order valence-corrected chi connectivity index (χ3v) is 12.4. The van der Waals surface area contributed by atoms with Gasteiger partial charge in [-0.05, 0) is 12.8 Å². The maximum Gasteiger partial charge on any atom is 0.472 e. The first kappa shape index (κ1) is 59.9. The predicted octanol–water partition coefficient (Wildman–Crippen LogP) is 8.90. The summed E-state index contributed by atoms with van der Waals surface area (Å²) in [5.74, 6) is -1.08. The Hall–Kier alpha value is -0.150. The van der Waals surface area contributed by atoms with Gasteiger partial charge < -0.3 is 39.9 Å². The van der Waals surface area contributed by atoms with Gasteiger partial charge in [0.2, 0.25) is 0 Å². The van der Waals surface area contributed by atoms with E-state index in [0.717, 1.165) is 38.5 Å². The predicted molar refractivity (Wildman–Crippen MR) is 236 cm³/mol. The van der Waals surface area contributed by atoms with Gasteiger partial charge in [0, 0.05) is 42.4 Å². The van der Waals surface area contributed by atoms with Gasteiger partial charge >= 0.3 is 19.8 Å². The zero-order chi connectivity index (χ0) is 43.6. The molecule has 15 heteroatoms. The molecule has 13 nitrogen and oxygen atoms in total. The van der Waals surface area contributed by atoms with E-state index in [9.17, 15) is 44.6 Å². The van der Waals surface area contributed by atoms with Gasteiger partial charge in [0.05, 0.1) is 6.61 Å². The Morgan fingerprint density at radius 3 is 1.12 bits per heavy atom. The molecule has 1 aliphatic rings. The maximum absolute atomic E-state index is 12.8. The van der Waals surface area contributed by atoms with Crippen molar-refractivity contribution in [1.29, 1.82) is 0 Å². The molecule has 0 aromatic carbocycles. The second-order valence-corrected chi connectivity index (χ2v) is 18.4. The Morgan fingerprint density at radius 1 is 0.467 bits per heavy atom. The van der Waals surface area contributed by atoms with Crippen LogP contribution in [0.25, 0.3) is 0 Å². The second kappa shape index (κ2) is 39.2. The average Bonchev–Trinajstić information content (AvgIpc) is 3.21. The number of ether oxygens (including phenoxy) is 2. The molecule has 8 atom stereocenters. The maximum atomic E-state index is 12.8. The van der Waals surface area contributed by atoms with Crippen LogP contribution in [-0.4, -0.2) is 128 Å². The molecule has 6 N–H and O–H groups in total. The first-order valence-electron chi connectivity index (χ1n) is 23.8. The summed E-state index contributed by atoms with van der Waals surface area (Å²) in [5.41, 5.74) is 0. The normalized spacial score (nSPS) is 21.9. The topological polar surface area (TPSA) is 210 Å². The van der Waals surface area contributed by atoms with E-state index < -0.39 is 75.7 Å². The van der Waals surface area contributed by atoms with E-state index in [0.29, 0.717) is 12.8 Å². The Kier molecular flexibility index (Phi) is 39.1. The number of esters is 2. The van der Waals surface area contributed by atoms with Gasteiger partial charge in [0.25, 0.3) is 0 Å². The van der Waals surface area contributed by atoms with Crippen molar-refractivity contribution in [3.8, 4) is 0 Å². The molecule has 1 rings (SSSR count). The number of phosphoric acid groups is 1. The first-order valence-corrected chi connectivity index (χ1v) is 25.3. The van der Waals surface area contributed by atoms with Gasteiger partial charge in [-0.25, -0.2) is 4.57 Å². The Balaban J connectivity index is 0.0000348. The summed E-state index contributed by atoms with van der Waals surface area (Å²) in [7, 11) is -5.11. The molecule has 0 aromatic heterocycles. The number of aliphatic hydroxyl groups is 5. The number of phosphoric ester groups is 1. The minimum Gasteiger partial charge on any atom is -0.462 e. The van der Waals surface area contributed by atoms with Gasteiger partial charge in [0.15, 0.2) is 6.10 Å². The molecule has 0 heterocycles. The molecule has 1 fully saturated rings. The summed E-state index contributed by atoms with van der Waals surface area (Å²) < 4.78 is 33.6. The van der Waals surface area contributed by atoms with Crippen LogP contribution in [0.1, 0.15) is 219 Å². The molecular weight excluding hydrogens is 802 g/mol.